The number of aryl methyl sites for hydroxylation is 1. The van der Waals surface area contributed by atoms with Gasteiger partial charge in [-0.3, -0.25) is 9.59 Å². The van der Waals surface area contributed by atoms with Gasteiger partial charge in [-0.05, 0) is 43.9 Å². The molecule has 25 heavy (non-hydrogen) atoms. The molecule has 0 spiro atoms. The van der Waals surface area contributed by atoms with Crippen LogP contribution < -0.4 is 5.32 Å². The van der Waals surface area contributed by atoms with Gasteiger partial charge in [0.05, 0.1) is 11.4 Å². The second-order valence-corrected chi connectivity index (χ2v) is 8.51. The standard InChI is InChI=1S/C17H25N3O4S/c1-13-7-8-14(11-15(13)25(23,24)19(2)3)17(22)18-12-16(21)20-9-5-4-6-10-20/h7-8,11H,4-6,9-10,12H2,1-3H3,(H,18,22). The maximum absolute atomic E-state index is 12.3. The van der Waals surface area contributed by atoms with Crippen LogP contribution in [0.1, 0.15) is 35.2 Å². The summed E-state index contributed by atoms with van der Waals surface area (Å²) in [5, 5.41) is 2.58. The summed E-state index contributed by atoms with van der Waals surface area (Å²) in [6.45, 7) is 3.05. The molecule has 8 heteroatoms. The van der Waals surface area contributed by atoms with Gasteiger partial charge in [0.25, 0.3) is 5.91 Å². The van der Waals surface area contributed by atoms with Crippen LogP contribution in [0.15, 0.2) is 23.1 Å². The van der Waals surface area contributed by atoms with Crippen molar-refractivity contribution in [2.24, 2.45) is 0 Å². The van der Waals surface area contributed by atoms with Crippen LogP contribution in [0.3, 0.4) is 0 Å². The first-order valence-electron chi connectivity index (χ1n) is 8.32. The fourth-order valence-electron chi connectivity index (χ4n) is 2.73. The van der Waals surface area contributed by atoms with Crippen molar-refractivity contribution in [3.05, 3.63) is 29.3 Å². The van der Waals surface area contributed by atoms with Gasteiger partial charge in [0, 0.05) is 32.7 Å². The SMILES string of the molecule is Cc1ccc(C(=O)NCC(=O)N2CCCCC2)cc1S(=O)(=O)N(C)C. The molecular weight excluding hydrogens is 342 g/mol. The van der Waals surface area contributed by atoms with E-state index in [1.807, 2.05) is 0 Å². The molecule has 0 bridgehead atoms. The normalized spacial score (nSPS) is 15.3. The zero-order chi connectivity index (χ0) is 18.6. The maximum Gasteiger partial charge on any atom is 0.251 e. The van der Waals surface area contributed by atoms with E-state index in [9.17, 15) is 18.0 Å². The highest BCUT2D eigenvalue weighted by Gasteiger charge is 2.22. The lowest BCUT2D eigenvalue weighted by Crippen LogP contribution is -2.42. The fraction of sp³-hybridized carbons (Fsp3) is 0.529. The number of carbonyl (C=O) groups is 2. The number of amides is 2. The van der Waals surface area contributed by atoms with E-state index < -0.39 is 15.9 Å². The third-order valence-corrected chi connectivity index (χ3v) is 6.27. The Hall–Kier alpha value is -1.93. The first kappa shape index (κ1) is 19.4. The van der Waals surface area contributed by atoms with E-state index in [1.54, 1.807) is 24.0 Å². The molecule has 0 aromatic heterocycles. The van der Waals surface area contributed by atoms with E-state index >= 15 is 0 Å². The molecule has 0 radical (unpaired) electrons. The summed E-state index contributed by atoms with van der Waals surface area (Å²) in [7, 11) is -0.747. The summed E-state index contributed by atoms with van der Waals surface area (Å²) in [6.07, 6.45) is 3.11. The van der Waals surface area contributed by atoms with E-state index in [0.29, 0.717) is 5.56 Å². The maximum atomic E-state index is 12.3. The molecule has 7 nitrogen and oxygen atoms in total. The van der Waals surface area contributed by atoms with Crippen LogP contribution in [-0.2, 0) is 14.8 Å². The third-order valence-electron chi connectivity index (χ3n) is 4.32. The average Bonchev–Trinajstić information content (AvgIpc) is 2.60. The molecule has 1 heterocycles. The van der Waals surface area contributed by atoms with Gasteiger partial charge in [0.2, 0.25) is 15.9 Å². The second kappa shape index (κ2) is 7.97. The molecule has 1 aliphatic rings. The highest BCUT2D eigenvalue weighted by Crippen LogP contribution is 2.19. The topological polar surface area (TPSA) is 86.8 Å². The smallest absolute Gasteiger partial charge is 0.251 e. The Balaban J connectivity index is 2.08. The van der Waals surface area contributed by atoms with Crippen molar-refractivity contribution in [2.75, 3.05) is 33.7 Å². The first-order valence-corrected chi connectivity index (χ1v) is 9.76. The highest BCUT2D eigenvalue weighted by molar-refractivity contribution is 7.89. The van der Waals surface area contributed by atoms with Crippen molar-refractivity contribution in [1.82, 2.24) is 14.5 Å². The minimum atomic E-state index is -3.63. The predicted molar refractivity (Wildman–Crippen MR) is 94.8 cm³/mol. The summed E-state index contributed by atoms with van der Waals surface area (Å²) < 4.78 is 25.8. The van der Waals surface area contributed by atoms with E-state index in [4.69, 9.17) is 0 Å². The van der Waals surface area contributed by atoms with Crippen LogP contribution in [0.2, 0.25) is 0 Å². The molecule has 1 saturated heterocycles. The van der Waals surface area contributed by atoms with Crippen LogP contribution in [-0.4, -0.2) is 63.2 Å². The highest BCUT2D eigenvalue weighted by atomic mass is 32.2. The summed E-state index contributed by atoms with van der Waals surface area (Å²) in [5.41, 5.74) is 0.784. The fourth-order valence-corrected chi connectivity index (χ4v) is 3.87. The molecule has 0 unspecified atom stereocenters. The van der Waals surface area contributed by atoms with E-state index in [2.05, 4.69) is 5.32 Å². The lowest BCUT2D eigenvalue weighted by atomic mass is 10.1. The minimum absolute atomic E-state index is 0.0809. The van der Waals surface area contributed by atoms with Crippen LogP contribution in [0.25, 0.3) is 0 Å². The van der Waals surface area contributed by atoms with Crippen LogP contribution >= 0.6 is 0 Å². The summed E-state index contributed by atoms with van der Waals surface area (Å²) in [5.74, 6) is -0.568. The molecule has 2 rings (SSSR count). The van der Waals surface area contributed by atoms with E-state index in [1.165, 1.54) is 20.2 Å². The Morgan fingerprint density at radius 1 is 1.16 bits per heavy atom. The number of piperidine rings is 1. The molecular formula is C17H25N3O4S. The lowest BCUT2D eigenvalue weighted by molar-refractivity contribution is -0.130. The average molecular weight is 367 g/mol. The Bertz CT molecular complexity index is 753. The van der Waals surface area contributed by atoms with Gasteiger partial charge in [-0.15, -0.1) is 0 Å². The third kappa shape index (κ3) is 4.58. The molecule has 2 amide bonds. The summed E-state index contributed by atoms with van der Waals surface area (Å²) >= 11 is 0. The Morgan fingerprint density at radius 2 is 1.80 bits per heavy atom. The van der Waals surface area contributed by atoms with Gasteiger partial charge >= 0.3 is 0 Å². The molecule has 1 aromatic carbocycles. The molecule has 138 valence electrons. The number of rotatable bonds is 5. The quantitative estimate of drug-likeness (QED) is 0.841. The zero-order valence-corrected chi connectivity index (χ0v) is 15.7. The molecule has 0 aliphatic carbocycles. The van der Waals surface area contributed by atoms with Crippen molar-refractivity contribution in [3.8, 4) is 0 Å². The Labute approximate surface area is 149 Å². The van der Waals surface area contributed by atoms with Gasteiger partial charge in [-0.2, -0.15) is 0 Å². The van der Waals surface area contributed by atoms with Crippen LogP contribution in [0.5, 0.6) is 0 Å². The number of likely N-dealkylation sites (tertiary alicyclic amines) is 1. The monoisotopic (exact) mass is 367 g/mol. The van der Waals surface area contributed by atoms with Crippen molar-refractivity contribution < 1.29 is 18.0 Å². The Morgan fingerprint density at radius 3 is 2.40 bits per heavy atom. The van der Waals surface area contributed by atoms with Gasteiger partial charge in [-0.25, -0.2) is 12.7 Å². The van der Waals surface area contributed by atoms with Gasteiger partial charge in [-0.1, -0.05) is 6.07 Å². The van der Waals surface area contributed by atoms with Crippen LogP contribution in [0, 0.1) is 6.92 Å². The van der Waals surface area contributed by atoms with Gasteiger partial charge < -0.3 is 10.2 Å². The van der Waals surface area contributed by atoms with Crippen molar-refractivity contribution in [3.63, 3.8) is 0 Å². The number of sulfonamides is 1. The summed E-state index contributed by atoms with van der Waals surface area (Å²) in [6, 6.07) is 4.51. The largest absolute Gasteiger partial charge is 0.343 e. The molecule has 1 fully saturated rings. The van der Waals surface area contributed by atoms with Gasteiger partial charge in [0.15, 0.2) is 0 Å². The number of carbonyl (C=O) groups excluding carboxylic acids is 2. The zero-order valence-electron chi connectivity index (χ0n) is 14.9. The van der Waals surface area contributed by atoms with E-state index in [-0.39, 0.29) is 22.9 Å². The second-order valence-electron chi connectivity index (χ2n) is 6.39. The van der Waals surface area contributed by atoms with Crippen molar-refractivity contribution in [2.45, 2.75) is 31.1 Å². The molecule has 1 N–H and O–H groups in total. The summed E-state index contributed by atoms with van der Waals surface area (Å²) in [4.78, 5) is 26.3. The van der Waals surface area contributed by atoms with Gasteiger partial charge in [0.1, 0.15) is 0 Å². The number of hydrogen-bond acceptors (Lipinski definition) is 4. The van der Waals surface area contributed by atoms with Crippen molar-refractivity contribution in [1.29, 1.82) is 0 Å². The first-order chi connectivity index (χ1) is 11.7. The van der Waals surface area contributed by atoms with E-state index in [0.717, 1.165) is 36.7 Å². The molecule has 0 saturated carbocycles. The molecule has 1 aromatic rings. The number of hydrogen-bond donors (Lipinski definition) is 1. The minimum Gasteiger partial charge on any atom is -0.343 e. The number of benzene rings is 1. The molecule has 1 aliphatic heterocycles. The number of nitrogens with one attached hydrogen (secondary N) is 1. The predicted octanol–water partition coefficient (Wildman–Crippen LogP) is 0.988. The lowest BCUT2D eigenvalue weighted by Gasteiger charge is -2.26. The molecule has 0 atom stereocenters. The van der Waals surface area contributed by atoms with Crippen LogP contribution in [0.4, 0.5) is 0 Å². The van der Waals surface area contributed by atoms with Crippen molar-refractivity contribution >= 4 is 21.8 Å². The Kier molecular flexibility index (Phi) is 6.18. The number of nitrogens with zero attached hydrogens (tertiary/aromatic N) is 2.